The predicted octanol–water partition coefficient (Wildman–Crippen LogP) is -1.56. The van der Waals surface area contributed by atoms with Crippen molar-refractivity contribution in [3.05, 3.63) is 0 Å². The van der Waals surface area contributed by atoms with E-state index in [-0.39, 0.29) is 12.6 Å². The molecule has 3 heteroatoms. The molecule has 0 aliphatic rings. The largest absolute Gasteiger partial charge is 0.347 e. The molecule has 0 heterocycles. The Bertz CT molecular complexity index is 62.7. The van der Waals surface area contributed by atoms with Gasteiger partial charge in [-0.2, -0.15) is 0 Å². The smallest absolute Gasteiger partial charge is 0.312 e. The van der Waals surface area contributed by atoms with Crippen LogP contribution in [0.2, 0.25) is 0 Å². The highest BCUT2D eigenvalue weighted by molar-refractivity contribution is 5.64. The Balaban J connectivity index is 3.00. The summed E-state index contributed by atoms with van der Waals surface area (Å²) in [5.74, 6) is 0.00231. The number of aliphatic hydroxyl groups excluding tert-OH is 1. The van der Waals surface area contributed by atoms with Crippen LogP contribution in [0.25, 0.3) is 0 Å². The highest BCUT2D eigenvalue weighted by Gasteiger charge is 1.95. The molecule has 0 aromatic carbocycles. The summed E-state index contributed by atoms with van der Waals surface area (Å²) in [6.07, 6.45) is 0.487. The van der Waals surface area contributed by atoms with Gasteiger partial charge < -0.3 is 5.11 Å². The van der Waals surface area contributed by atoms with E-state index in [0.717, 1.165) is 0 Å². The van der Waals surface area contributed by atoms with E-state index in [1.54, 1.807) is 6.92 Å². The number of carbonyl (C=O) groups is 1. The van der Waals surface area contributed by atoms with Crippen LogP contribution in [0.4, 0.5) is 0 Å². The molecular formula is C4H10NO2+. The standard InChI is InChI=1S/C4H9NO2/c1-2-4(7)5-3-6/h6H,2-3H2,1H3,(H,5,7)/p+1. The minimum Gasteiger partial charge on any atom is -0.347 e. The predicted molar refractivity (Wildman–Crippen MR) is 24.3 cm³/mol. The van der Waals surface area contributed by atoms with Gasteiger partial charge in [0.05, 0.1) is 6.42 Å². The number of rotatable bonds is 2. The van der Waals surface area contributed by atoms with Gasteiger partial charge in [0.15, 0.2) is 6.73 Å². The molecule has 0 saturated carbocycles. The normalized spacial score (nSPS) is 8.86. The molecule has 0 fully saturated rings. The maximum Gasteiger partial charge on any atom is 0.312 e. The molecule has 0 bridgehead atoms. The van der Waals surface area contributed by atoms with Gasteiger partial charge in [0.25, 0.3) is 0 Å². The Hall–Kier alpha value is -0.410. The van der Waals surface area contributed by atoms with Crippen LogP contribution >= 0.6 is 0 Å². The van der Waals surface area contributed by atoms with Gasteiger partial charge in [0, 0.05) is 0 Å². The lowest BCUT2D eigenvalue weighted by molar-refractivity contribution is -0.602. The molecular weight excluding hydrogens is 94.0 g/mol. The number of nitrogens with two attached hydrogens (primary N) is 1. The summed E-state index contributed by atoms with van der Waals surface area (Å²) < 4.78 is 0. The first kappa shape index (κ1) is 6.59. The second-order valence-electron chi connectivity index (χ2n) is 1.21. The van der Waals surface area contributed by atoms with Gasteiger partial charge in [0.2, 0.25) is 0 Å². The number of primary amides is 1. The fourth-order valence-corrected chi connectivity index (χ4v) is 0.246. The topological polar surface area (TPSA) is 53.9 Å². The van der Waals surface area contributed by atoms with Crippen molar-refractivity contribution in [2.45, 2.75) is 13.3 Å². The molecule has 0 aromatic heterocycles. The van der Waals surface area contributed by atoms with Crippen LogP contribution in [0.5, 0.6) is 0 Å². The van der Waals surface area contributed by atoms with Gasteiger partial charge >= 0.3 is 5.91 Å². The van der Waals surface area contributed by atoms with E-state index in [2.05, 4.69) is 0 Å². The summed E-state index contributed by atoms with van der Waals surface area (Å²) in [7, 11) is 0. The number of quaternary nitrogens is 1. The molecule has 0 rings (SSSR count). The first-order valence-corrected chi connectivity index (χ1v) is 2.28. The zero-order valence-corrected chi connectivity index (χ0v) is 4.35. The van der Waals surface area contributed by atoms with Crippen molar-refractivity contribution in [1.82, 2.24) is 0 Å². The van der Waals surface area contributed by atoms with Gasteiger partial charge in [-0.1, -0.05) is 6.92 Å². The van der Waals surface area contributed by atoms with E-state index in [1.165, 1.54) is 5.32 Å². The van der Waals surface area contributed by atoms with Crippen molar-refractivity contribution in [3.63, 3.8) is 0 Å². The van der Waals surface area contributed by atoms with Crippen LogP contribution in [0.15, 0.2) is 0 Å². The Kier molecular flexibility index (Phi) is 3.55. The van der Waals surface area contributed by atoms with Crippen molar-refractivity contribution in [3.8, 4) is 0 Å². The third-order valence-corrected chi connectivity index (χ3v) is 0.667. The van der Waals surface area contributed by atoms with E-state index in [1.807, 2.05) is 0 Å². The molecule has 3 nitrogen and oxygen atoms in total. The molecule has 0 aliphatic heterocycles. The van der Waals surface area contributed by atoms with Gasteiger partial charge in [-0.3, -0.25) is 5.32 Å². The number of amides is 1. The van der Waals surface area contributed by atoms with Crippen molar-refractivity contribution in [1.29, 1.82) is 0 Å². The highest BCUT2D eigenvalue weighted by atomic mass is 16.3. The summed E-state index contributed by atoms with van der Waals surface area (Å²) in [5, 5.41) is 9.36. The Morgan fingerprint density at radius 3 is 2.57 bits per heavy atom. The zero-order chi connectivity index (χ0) is 5.70. The van der Waals surface area contributed by atoms with Crippen molar-refractivity contribution < 1.29 is 15.2 Å². The first-order chi connectivity index (χ1) is 3.31. The third kappa shape index (κ3) is 3.42. The number of carbonyl (C=O) groups excluding carboxylic acids is 1. The number of hydrogen-bond donors (Lipinski definition) is 2. The molecule has 0 aromatic rings. The SMILES string of the molecule is CCC(=O)[NH2+]CO. The highest BCUT2D eigenvalue weighted by Crippen LogP contribution is 1.62. The Morgan fingerprint density at radius 2 is 2.43 bits per heavy atom. The van der Waals surface area contributed by atoms with Crippen LogP contribution in [0.1, 0.15) is 13.3 Å². The maximum atomic E-state index is 10.2. The van der Waals surface area contributed by atoms with Crippen LogP contribution in [0.3, 0.4) is 0 Å². The summed E-state index contributed by atoms with van der Waals surface area (Å²) >= 11 is 0. The molecule has 0 unspecified atom stereocenters. The van der Waals surface area contributed by atoms with E-state index in [4.69, 9.17) is 5.11 Å². The van der Waals surface area contributed by atoms with Gasteiger partial charge in [-0.05, 0) is 0 Å². The fraction of sp³-hybridized carbons (Fsp3) is 0.750. The Morgan fingerprint density at radius 1 is 1.86 bits per heavy atom. The van der Waals surface area contributed by atoms with Gasteiger partial charge in [-0.15, -0.1) is 0 Å². The zero-order valence-electron chi connectivity index (χ0n) is 4.35. The molecule has 0 spiro atoms. The number of hydrogen-bond acceptors (Lipinski definition) is 2. The van der Waals surface area contributed by atoms with E-state index in [9.17, 15) is 4.79 Å². The third-order valence-electron chi connectivity index (χ3n) is 0.667. The molecule has 7 heavy (non-hydrogen) atoms. The minimum atomic E-state index is -0.132. The average Bonchev–Trinajstić information content (AvgIpc) is 1.68. The molecule has 42 valence electrons. The lowest BCUT2D eigenvalue weighted by atomic mass is 10.5. The van der Waals surface area contributed by atoms with E-state index >= 15 is 0 Å². The first-order valence-electron chi connectivity index (χ1n) is 2.28. The van der Waals surface area contributed by atoms with Crippen LogP contribution < -0.4 is 5.32 Å². The van der Waals surface area contributed by atoms with Crippen LogP contribution in [-0.4, -0.2) is 17.7 Å². The average molecular weight is 104 g/mol. The van der Waals surface area contributed by atoms with Gasteiger partial charge in [0.1, 0.15) is 0 Å². The second-order valence-corrected chi connectivity index (χ2v) is 1.21. The molecule has 0 atom stereocenters. The van der Waals surface area contributed by atoms with Gasteiger partial charge in [-0.25, -0.2) is 4.79 Å². The quantitative estimate of drug-likeness (QED) is 0.416. The maximum absolute atomic E-state index is 10.2. The van der Waals surface area contributed by atoms with E-state index < -0.39 is 0 Å². The van der Waals surface area contributed by atoms with Crippen molar-refractivity contribution in [2.75, 3.05) is 6.73 Å². The second kappa shape index (κ2) is 3.77. The number of aliphatic hydroxyl groups is 1. The fourth-order valence-electron chi connectivity index (χ4n) is 0.246. The summed E-state index contributed by atoms with van der Waals surface area (Å²) in [6.45, 7) is 1.63. The van der Waals surface area contributed by atoms with E-state index in [0.29, 0.717) is 6.42 Å². The van der Waals surface area contributed by atoms with Crippen molar-refractivity contribution >= 4 is 5.91 Å². The lowest BCUT2D eigenvalue weighted by Gasteiger charge is -1.86. The Labute approximate surface area is 42.3 Å². The lowest BCUT2D eigenvalue weighted by Crippen LogP contribution is -2.88. The van der Waals surface area contributed by atoms with Crippen LogP contribution in [-0.2, 0) is 4.79 Å². The minimum absolute atomic E-state index is 0.00231. The molecule has 1 amide bonds. The summed E-state index contributed by atoms with van der Waals surface area (Å²) in [4.78, 5) is 10.2. The molecule has 0 aliphatic carbocycles. The van der Waals surface area contributed by atoms with Crippen molar-refractivity contribution in [2.24, 2.45) is 0 Å². The molecule has 3 N–H and O–H groups in total. The summed E-state index contributed by atoms with van der Waals surface area (Å²) in [6, 6.07) is 0. The molecule has 0 radical (unpaired) electrons. The van der Waals surface area contributed by atoms with Crippen LogP contribution in [0, 0.1) is 0 Å². The monoisotopic (exact) mass is 104 g/mol. The molecule has 0 saturated heterocycles. The summed E-state index contributed by atoms with van der Waals surface area (Å²) in [5.41, 5.74) is 0.